The molecule has 0 aliphatic carbocycles. The predicted octanol–water partition coefficient (Wildman–Crippen LogP) is 5.77. The van der Waals surface area contributed by atoms with Crippen LogP contribution in [-0.2, 0) is 11.2 Å². The summed E-state index contributed by atoms with van der Waals surface area (Å²) in [7, 11) is 4.99. The number of fused-ring (bicyclic) bond motifs is 1. The van der Waals surface area contributed by atoms with Crippen LogP contribution in [0.3, 0.4) is 0 Å². The van der Waals surface area contributed by atoms with E-state index in [4.69, 9.17) is 16.3 Å². The van der Waals surface area contributed by atoms with Crippen LogP contribution in [0.25, 0.3) is 22.2 Å². The van der Waals surface area contributed by atoms with E-state index in [1.165, 1.54) is 4.90 Å². The molecule has 0 unspecified atom stereocenters. The number of aryl methyl sites for hydroxylation is 1. The number of methoxy groups -OCH3 is 1. The van der Waals surface area contributed by atoms with E-state index >= 15 is 0 Å². The SMILES string of the molecule is COc1ccc(-c2[nH]c3ccccc3c2CCC(=O)Nc2cc(C(=O)N(C)C)ccc2Cl)cc1. The fourth-order valence-corrected chi connectivity index (χ4v) is 4.09. The number of ether oxygens (including phenoxy) is 1. The molecule has 6 nitrogen and oxygen atoms in total. The first-order valence-electron chi connectivity index (χ1n) is 10.9. The Balaban J connectivity index is 1.56. The average molecular weight is 476 g/mol. The third-order valence-electron chi connectivity index (χ3n) is 5.69. The summed E-state index contributed by atoms with van der Waals surface area (Å²) in [6.45, 7) is 0. The summed E-state index contributed by atoms with van der Waals surface area (Å²) in [4.78, 5) is 30.1. The quantitative estimate of drug-likeness (QED) is 0.356. The first-order chi connectivity index (χ1) is 16.4. The lowest BCUT2D eigenvalue weighted by Crippen LogP contribution is -2.22. The molecule has 0 spiro atoms. The Morgan fingerprint density at radius 1 is 1.03 bits per heavy atom. The first-order valence-corrected chi connectivity index (χ1v) is 11.3. The zero-order valence-electron chi connectivity index (χ0n) is 19.3. The van der Waals surface area contributed by atoms with E-state index in [0.29, 0.717) is 22.7 Å². The molecule has 0 saturated heterocycles. The van der Waals surface area contributed by atoms with E-state index in [2.05, 4.69) is 16.4 Å². The number of nitrogens with one attached hydrogen (secondary N) is 2. The van der Waals surface area contributed by atoms with E-state index in [0.717, 1.165) is 33.5 Å². The van der Waals surface area contributed by atoms with Gasteiger partial charge in [0.05, 0.1) is 17.8 Å². The van der Waals surface area contributed by atoms with Gasteiger partial charge in [-0.2, -0.15) is 0 Å². The number of para-hydroxylation sites is 1. The number of nitrogens with zero attached hydrogens (tertiary/aromatic N) is 1. The number of anilines is 1. The van der Waals surface area contributed by atoms with Gasteiger partial charge < -0.3 is 19.9 Å². The first kappa shape index (κ1) is 23.4. The summed E-state index contributed by atoms with van der Waals surface area (Å²) < 4.78 is 5.28. The Morgan fingerprint density at radius 3 is 2.47 bits per heavy atom. The van der Waals surface area contributed by atoms with Gasteiger partial charge in [-0.25, -0.2) is 0 Å². The van der Waals surface area contributed by atoms with Crippen LogP contribution >= 0.6 is 11.6 Å². The number of carbonyl (C=O) groups is 2. The predicted molar refractivity (Wildman–Crippen MR) is 137 cm³/mol. The van der Waals surface area contributed by atoms with Crippen LogP contribution < -0.4 is 10.1 Å². The molecule has 2 amide bonds. The molecule has 4 rings (SSSR count). The highest BCUT2D eigenvalue weighted by Gasteiger charge is 2.16. The lowest BCUT2D eigenvalue weighted by atomic mass is 10.0. The van der Waals surface area contributed by atoms with E-state index < -0.39 is 0 Å². The largest absolute Gasteiger partial charge is 0.497 e. The number of benzene rings is 3. The Morgan fingerprint density at radius 2 is 1.76 bits per heavy atom. The number of halogens is 1. The van der Waals surface area contributed by atoms with Crippen molar-refractivity contribution in [1.29, 1.82) is 0 Å². The van der Waals surface area contributed by atoms with Crippen molar-refractivity contribution in [3.05, 3.63) is 82.9 Å². The van der Waals surface area contributed by atoms with Gasteiger partial charge in [0, 0.05) is 42.7 Å². The number of amides is 2. The van der Waals surface area contributed by atoms with Gasteiger partial charge in [-0.3, -0.25) is 9.59 Å². The smallest absolute Gasteiger partial charge is 0.253 e. The third kappa shape index (κ3) is 4.92. The summed E-state index contributed by atoms with van der Waals surface area (Å²) in [5, 5.41) is 4.33. The van der Waals surface area contributed by atoms with Crippen molar-refractivity contribution in [2.24, 2.45) is 0 Å². The third-order valence-corrected chi connectivity index (χ3v) is 6.02. The van der Waals surface area contributed by atoms with E-state index in [-0.39, 0.29) is 18.2 Å². The number of hydrogen-bond donors (Lipinski definition) is 2. The van der Waals surface area contributed by atoms with Crippen molar-refractivity contribution in [1.82, 2.24) is 9.88 Å². The summed E-state index contributed by atoms with van der Waals surface area (Å²) in [6.07, 6.45) is 0.790. The molecule has 1 heterocycles. The molecule has 34 heavy (non-hydrogen) atoms. The maximum Gasteiger partial charge on any atom is 0.253 e. The number of H-pyrrole nitrogens is 1. The number of aromatic amines is 1. The van der Waals surface area contributed by atoms with Gasteiger partial charge in [-0.05, 0) is 66.1 Å². The fraction of sp³-hybridized carbons (Fsp3) is 0.185. The zero-order chi connectivity index (χ0) is 24.2. The average Bonchev–Trinajstić information content (AvgIpc) is 3.22. The molecule has 0 radical (unpaired) electrons. The van der Waals surface area contributed by atoms with Crippen molar-refractivity contribution >= 4 is 40.0 Å². The minimum atomic E-state index is -0.178. The highest BCUT2D eigenvalue weighted by molar-refractivity contribution is 6.33. The Bertz CT molecular complexity index is 1340. The van der Waals surface area contributed by atoms with Crippen LogP contribution in [0.5, 0.6) is 5.75 Å². The standard InChI is InChI=1S/C27H26ClN3O3/c1-31(2)27(33)18-10-14-22(28)24(16-18)29-25(32)15-13-21-20-6-4-5-7-23(20)30-26(21)17-8-11-19(34-3)12-9-17/h4-12,14,16,30H,13,15H2,1-3H3,(H,29,32). The molecule has 0 bridgehead atoms. The Hall–Kier alpha value is -3.77. The lowest BCUT2D eigenvalue weighted by molar-refractivity contribution is -0.116. The van der Waals surface area contributed by atoms with Gasteiger partial charge in [0.2, 0.25) is 5.91 Å². The van der Waals surface area contributed by atoms with E-state index in [9.17, 15) is 9.59 Å². The summed E-state index contributed by atoms with van der Waals surface area (Å²) in [5.74, 6) is 0.449. The van der Waals surface area contributed by atoms with E-state index in [1.807, 2.05) is 42.5 Å². The molecule has 3 aromatic carbocycles. The number of hydrogen-bond acceptors (Lipinski definition) is 3. The number of aromatic nitrogens is 1. The van der Waals surface area contributed by atoms with Gasteiger partial charge in [-0.15, -0.1) is 0 Å². The van der Waals surface area contributed by atoms with Crippen LogP contribution in [0.1, 0.15) is 22.3 Å². The van der Waals surface area contributed by atoms with Crippen molar-refractivity contribution in [2.75, 3.05) is 26.5 Å². The molecule has 0 aliphatic rings. The normalized spacial score (nSPS) is 10.8. The molecule has 0 aliphatic heterocycles. The van der Waals surface area contributed by atoms with Crippen LogP contribution in [0.2, 0.25) is 5.02 Å². The van der Waals surface area contributed by atoms with Crippen LogP contribution in [-0.4, -0.2) is 42.9 Å². The van der Waals surface area contributed by atoms with Gasteiger partial charge in [0.25, 0.3) is 5.91 Å². The second kappa shape index (κ2) is 10.0. The molecule has 7 heteroatoms. The molecule has 0 fully saturated rings. The monoisotopic (exact) mass is 475 g/mol. The highest BCUT2D eigenvalue weighted by Crippen LogP contribution is 2.32. The lowest BCUT2D eigenvalue weighted by Gasteiger charge is -2.13. The van der Waals surface area contributed by atoms with Crippen LogP contribution in [0.4, 0.5) is 5.69 Å². The molecular weight excluding hydrogens is 450 g/mol. The second-order valence-corrected chi connectivity index (χ2v) is 8.60. The van der Waals surface area contributed by atoms with Gasteiger partial charge in [0.1, 0.15) is 5.75 Å². The minimum absolute atomic E-state index is 0.157. The molecule has 4 aromatic rings. The molecule has 174 valence electrons. The molecule has 0 saturated carbocycles. The van der Waals surface area contributed by atoms with E-state index in [1.54, 1.807) is 39.4 Å². The Kier molecular flexibility index (Phi) is 6.89. The van der Waals surface area contributed by atoms with Gasteiger partial charge in [0.15, 0.2) is 0 Å². The maximum absolute atomic E-state index is 12.9. The molecule has 2 N–H and O–H groups in total. The summed E-state index contributed by atoms with van der Waals surface area (Å²) in [5.41, 5.74) is 4.97. The number of carbonyl (C=O) groups excluding carboxylic acids is 2. The minimum Gasteiger partial charge on any atom is -0.497 e. The van der Waals surface area contributed by atoms with Crippen molar-refractivity contribution in [3.63, 3.8) is 0 Å². The molecule has 1 aromatic heterocycles. The molecular formula is C27H26ClN3O3. The molecule has 0 atom stereocenters. The summed E-state index contributed by atoms with van der Waals surface area (Å²) >= 11 is 6.28. The van der Waals surface area contributed by atoms with Gasteiger partial charge in [-0.1, -0.05) is 29.8 Å². The van der Waals surface area contributed by atoms with Gasteiger partial charge >= 0.3 is 0 Å². The van der Waals surface area contributed by atoms with Crippen molar-refractivity contribution < 1.29 is 14.3 Å². The van der Waals surface area contributed by atoms with Crippen molar-refractivity contribution in [3.8, 4) is 17.0 Å². The Labute approximate surface area is 203 Å². The zero-order valence-corrected chi connectivity index (χ0v) is 20.1. The summed E-state index contributed by atoms with van der Waals surface area (Å²) in [6, 6.07) is 20.8. The van der Waals surface area contributed by atoms with Crippen LogP contribution in [0.15, 0.2) is 66.7 Å². The van der Waals surface area contributed by atoms with Crippen molar-refractivity contribution in [2.45, 2.75) is 12.8 Å². The highest BCUT2D eigenvalue weighted by atomic mass is 35.5. The number of rotatable bonds is 7. The van der Waals surface area contributed by atoms with Crippen LogP contribution in [0, 0.1) is 0 Å². The second-order valence-electron chi connectivity index (χ2n) is 8.20. The maximum atomic E-state index is 12.9. The topological polar surface area (TPSA) is 74.4 Å². The fourth-order valence-electron chi connectivity index (χ4n) is 3.93.